The number of aromatic nitrogens is 1. The Hall–Kier alpha value is -1.10. The molecule has 0 spiro atoms. The fourth-order valence-corrected chi connectivity index (χ4v) is 3.82. The first kappa shape index (κ1) is 13.9. The molecule has 1 saturated heterocycles. The van der Waals surface area contributed by atoms with Gasteiger partial charge >= 0.3 is 0 Å². The van der Waals surface area contributed by atoms with Crippen LogP contribution in [0.4, 0.5) is 5.13 Å². The van der Waals surface area contributed by atoms with Gasteiger partial charge in [0, 0.05) is 22.1 Å². The molecule has 1 aliphatic rings. The lowest BCUT2D eigenvalue weighted by Crippen LogP contribution is -2.26. The standard InChI is InChI=1S/C15H18ClN3S/c16-12-6-2-1-5-11(12)9-13(19-7-3-4-8-19)14-10-18-15(17)20-14/h1-2,5-6,10,13H,3-4,7-9H2,(H2,17,18). The maximum atomic E-state index is 6.31. The maximum absolute atomic E-state index is 6.31. The summed E-state index contributed by atoms with van der Waals surface area (Å²) in [6, 6.07) is 8.42. The van der Waals surface area contributed by atoms with Gasteiger partial charge in [0.2, 0.25) is 0 Å². The highest BCUT2D eigenvalue weighted by Gasteiger charge is 2.25. The molecule has 0 saturated carbocycles. The molecule has 0 radical (unpaired) electrons. The second-order valence-corrected chi connectivity index (χ2v) is 6.66. The average molecular weight is 308 g/mol. The summed E-state index contributed by atoms with van der Waals surface area (Å²) in [5.41, 5.74) is 6.99. The molecule has 0 amide bonds. The van der Waals surface area contributed by atoms with Crippen molar-refractivity contribution in [2.75, 3.05) is 18.8 Å². The molecule has 2 aromatic rings. The van der Waals surface area contributed by atoms with Crippen molar-refractivity contribution in [1.82, 2.24) is 9.88 Å². The summed E-state index contributed by atoms with van der Waals surface area (Å²) in [5, 5.41) is 1.48. The molecule has 2 heterocycles. The number of nitrogens with zero attached hydrogens (tertiary/aromatic N) is 2. The molecule has 0 aliphatic carbocycles. The summed E-state index contributed by atoms with van der Waals surface area (Å²) in [6.45, 7) is 2.29. The Kier molecular flexibility index (Phi) is 4.24. The van der Waals surface area contributed by atoms with Crippen molar-refractivity contribution in [1.29, 1.82) is 0 Å². The maximum Gasteiger partial charge on any atom is 0.180 e. The van der Waals surface area contributed by atoms with E-state index in [4.69, 9.17) is 17.3 Å². The molecule has 106 valence electrons. The minimum absolute atomic E-state index is 0.340. The van der Waals surface area contributed by atoms with Crippen molar-refractivity contribution in [3.8, 4) is 0 Å². The number of hydrogen-bond acceptors (Lipinski definition) is 4. The van der Waals surface area contributed by atoms with E-state index in [-0.39, 0.29) is 0 Å². The number of nitrogens with two attached hydrogens (primary N) is 1. The molecule has 3 rings (SSSR count). The van der Waals surface area contributed by atoms with Gasteiger partial charge in [0.05, 0.1) is 0 Å². The van der Waals surface area contributed by atoms with Crippen LogP contribution in [0.15, 0.2) is 30.5 Å². The highest BCUT2D eigenvalue weighted by Crippen LogP contribution is 2.34. The third kappa shape index (κ3) is 2.97. The highest BCUT2D eigenvalue weighted by molar-refractivity contribution is 7.15. The second-order valence-electron chi connectivity index (χ2n) is 5.16. The molecule has 3 nitrogen and oxygen atoms in total. The Morgan fingerprint density at radius 2 is 2.05 bits per heavy atom. The van der Waals surface area contributed by atoms with Crippen molar-refractivity contribution in [2.45, 2.75) is 25.3 Å². The van der Waals surface area contributed by atoms with Crippen LogP contribution in [-0.2, 0) is 6.42 Å². The van der Waals surface area contributed by atoms with Crippen LogP contribution in [-0.4, -0.2) is 23.0 Å². The molecule has 1 aromatic carbocycles. The third-order valence-electron chi connectivity index (χ3n) is 3.82. The molecule has 2 N–H and O–H groups in total. The van der Waals surface area contributed by atoms with Crippen molar-refractivity contribution in [3.63, 3.8) is 0 Å². The normalized spacial score (nSPS) is 17.4. The molecule has 20 heavy (non-hydrogen) atoms. The predicted molar refractivity (Wildman–Crippen MR) is 85.2 cm³/mol. The fourth-order valence-electron chi connectivity index (χ4n) is 2.79. The smallest absolute Gasteiger partial charge is 0.180 e. The van der Waals surface area contributed by atoms with Gasteiger partial charge in [-0.3, -0.25) is 4.90 Å². The van der Waals surface area contributed by atoms with Gasteiger partial charge in [0.15, 0.2) is 5.13 Å². The average Bonchev–Trinajstić information content (AvgIpc) is 3.09. The highest BCUT2D eigenvalue weighted by atomic mass is 35.5. The molecule has 1 fully saturated rings. The van der Waals surface area contributed by atoms with Crippen molar-refractivity contribution in [3.05, 3.63) is 45.9 Å². The first-order valence-electron chi connectivity index (χ1n) is 6.92. The second kappa shape index (κ2) is 6.12. The lowest BCUT2D eigenvalue weighted by Gasteiger charge is -2.26. The first-order valence-corrected chi connectivity index (χ1v) is 8.12. The largest absolute Gasteiger partial charge is 0.375 e. The zero-order valence-electron chi connectivity index (χ0n) is 11.3. The lowest BCUT2D eigenvalue weighted by atomic mass is 10.0. The van der Waals surface area contributed by atoms with Gasteiger partial charge < -0.3 is 5.73 Å². The molecular weight excluding hydrogens is 290 g/mol. The van der Waals surface area contributed by atoms with E-state index < -0.39 is 0 Å². The minimum Gasteiger partial charge on any atom is -0.375 e. The van der Waals surface area contributed by atoms with Crippen molar-refractivity contribution in [2.24, 2.45) is 0 Å². The molecule has 0 bridgehead atoms. The molecule has 1 aromatic heterocycles. The molecular formula is C15H18ClN3S. The fraction of sp³-hybridized carbons (Fsp3) is 0.400. The number of benzene rings is 1. The Balaban J connectivity index is 1.87. The summed E-state index contributed by atoms with van der Waals surface area (Å²) in [7, 11) is 0. The van der Waals surface area contributed by atoms with Crippen LogP contribution in [0.2, 0.25) is 5.02 Å². The number of likely N-dealkylation sites (tertiary alicyclic amines) is 1. The van der Waals surface area contributed by atoms with Crippen molar-refractivity contribution < 1.29 is 0 Å². The Morgan fingerprint density at radius 3 is 2.70 bits per heavy atom. The van der Waals surface area contributed by atoms with Crippen LogP contribution in [0, 0.1) is 0 Å². The monoisotopic (exact) mass is 307 g/mol. The van der Waals surface area contributed by atoms with E-state index in [0.717, 1.165) is 24.5 Å². The predicted octanol–water partition coefficient (Wildman–Crippen LogP) is 3.76. The van der Waals surface area contributed by atoms with E-state index in [1.54, 1.807) is 11.3 Å². The van der Waals surface area contributed by atoms with Gasteiger partial charge in [-0.25, -0.2) is 4.98 Å². The quantitative estimate of drug-likeness (QED) is 0.935. The summed E-state index contributed by atoms with van der Waals surface area (Å²) in [6.07, 6.45) is 5.38. The third-order valence-corrected chi connectivity index (χ3v) is 5.12. The van der Waals surface area contributed by atoms with Crippen molar-refractivity contribution >= 4 is 28.1 Å². The minimum atomic E-state index is 0.340. The zero-order valence-corrected chi connectivity index (χ0v) is 12.8. The van der Waals surface area contributed by atoms with Gasteiger partial charge in [-0.05, 0) is 44.0 Å². The molecule has 1 unspecified atom stereocenters. The van der Waals surface area contributed by atoms with Crippen LogP contribution in [0.3, 0.4) is 0 Å². The Labute approximate surface area is 128 Å². The van der Waals surface area contributed by atoms with E-state index in [0.29, 0.717) is 11.2 Å². The number of thiazole rings is 1. The number of nitrogen functional groups attached to an aromatic ring is 1. The molecule has 5 heteroatoms. The summed E-state index contributed by atoms with van der Waals surface area (Å²) in [5.74, 6) is 0. The van der Waals surface area contributed by atoms with Crippen LogP contribution >= 0.6 is 22.9 Å². The molecule has 1 atom stereocenters. The van der Waals surface area contributed by atoms with E-state index in [9.17, 15) is 0 Å². The van der Waals surface area contributed by atoms with E-state index in [2.05, 4.69) is 16.0 Å². The SMILES string of the molecule is Nc1ncc(C(Cc2ccccc2Cl)N2CCCC2)s1. The first-order chi connectivity index (χ1) is 9.74. The number of rotatable bonds is 4. The van der Waals surface area contributed by atoms with E-state index in [1.165, 1.54) is 23.3 Å². The lowest BCUT2D eigenvalue weighted by molar-refractivity contribution is 0.247. The van der Waals surface area contributed by atoms with Crippen LogP contribution in [0.5, 0.6) is 0 Å². The van der Waals surface area contributed by atoms with Crippen LogP contribution in [0.25, 0.3) is 0 Å². The van der Waals surface area contributed by atoms with E-state index in [1.807, 2.05) is 24.4 Å². The van der Waals surface area contributed by atoms with Gasteiger partial charge in [0.25, 0.3) is 0 Å². The summed E-state index contributed by atoms with van der Waals surface area (Å²) >= 11 is 7.90. The number of halogens is 1. The molecule has 1 aliphatic heterocycles. The van der Waals surface area contributed by atoms with E-state index >= 15 is 0 Å². The Morgan fingerprint density at radius 1 is 1.30 bits per heavy atom. The van der Waals surface area contributed by atoms with Gasteiger partial charge in [-0.15, -0.1) is 11.3 Å². The van der Waals surface area contributed by atoms with Gasteiger partial charge in [-0.1, -0.05) is 29.8 Å². The van der Waals surface area contributed by atoms with Crippen LogP contribution in [0.1, 0.15) is 29.3 Å². The van der Waals surface area contributed by atoms with Gasteiger partial charge in [0.1, 0.15) is 0 Å². The number of anilines is 1. The topological polar surface area (TPSA) is 42.1 Å². The number of hydrogen-bond donors (Lipinski definition) is 1. The summed E-state index contributed by atoms with van der Waals surface area (Å²) in [4.78, 5) is 7.97. The Bertz CT molecular complexity index is 578. The van der Waals surface area contributed by atoms with Crippen LogP contribution < -0.4 is 5.73 Å². The van der Waals surface area contributed by atoms with Gasteiger partial charge in [-0.2, -0.15) is 0 Å². The zero-order chi connectivity index (χ0) is 13.9. The summed E-state index contributed by atoms with van der Waals surface area (Å²) < 4.78 is 0.